The van der Waals surface area contributed by atoms with Gasteiger partial charge >= 0.3 is 0 Å². The largest absolute Gasteiger partial charge is 0.474 e. The second-order valence-corrected chi connectivity index (χ2v) is 4.49. The molecule has 0 saturated heterocycles. The molecule has 0 aromatic carbocycles. The SMILES string of the molecule is CCC(C)Oc1nccc(N)c1C(=N)C(C)C.[HH]. The summed E-state index contributed by atoms with van der Waals surface area (Å²) in [6.07, 6.45) is 2.58. The molecule has 0 aliphatic carbocycles. The van der Waals surface area contributed by atoms with Crippen molar-refractivity contribution in [3.05, 3.63) is 17.8 Å². The van der Waals surface area contributed by atoms with E-state index in [4.69, 9.17) is 15.9 Å². The van der Waals surface area contributed by atoms with Crippen molar-refractivity contribution >= 4 is 11.4 Å². The minimum atomic E-state index is 0. The predicted molar refractivity (Wildman–Crippen MR) is 72.8 cm³/mol. The maximum atomic E-state index is 8.07. The van der Waals surface area contributed by atoms with Crippen LogP contribution in [-0.4, -0.2) is 16.8 Å². The van der Waals surface area contributed by atoms with Crippen LogP contribution in [0.3, 0.4) is 0 Å². The molecule has 0 bridgehead atoms. The van der Waals surface area contributed by atoms with Gasteiger partial charge in [0.15, 0.2) is 0 Å². The third kappa shape index (κ3) is 3.19. The Labute approximate surface area is 104 Å². The van der Waals surface area contributed by atoms with E-state index >= 15 is 0 Å². The van der Waals surface area contributed by atoms with E-state index in [-0.39, 0.29) is 13.4 Å². The molecular formula is C13H23N3O. The van der Waals surface area contributed by atoms with E-state index < -0.39 is 0 Å². The van der Waals surface area contributed by atoms with Crippen molar-refractivity contribution in [2.24, 2.45) is 5.92 Å². The van der Waals surface area contributed by atoms with E-state index in [1.165, 1.54) is 0 Å². The van der Waals surface area contributed by atoms with E-state index in [1.54, 1.807) is 12.3 Å². The summed E-state index contributed by atoms with van der Waals surface area (Å²) in [5, 5.41) is 8.07. The van der Waals surface area contributed by atoms with E-state index in [0.717, 1.165) is 6.42 Å². The summed E-state index contributed by atoms with van der Waals surface area (Å²) < 4.78 is 5.71. The minimum absolute atomic E-state index is 0. The monoisotopic (exact) mass is 237 g/mol. The van der Waals surface area contributed by atoms with Crippen LogP contribution in [0.4, 0.5) is 5.69 Å². The van der Waals surface area contributed by atoms with Crippen LogP contribution in [0.5, 0.6) is 5.88 Å². The maximum Gasteiger partial charge on any atom is 0.224 e. The number of nitrogens with one attached hydrogen (secondary N) is 1. The van der Waals surface area contributed by atoms with Crippen LogP contribution in [0.1, 0.15) is 41.1 Å². The number of nitrogens with two attached hydrogens (primary N) is 1. The molecule has 17 heavy (non-hydrogen) atoms. The molecule has 1 atom stereocenters. The highest BCUT2D eigenvalue weighted by atomic mass is 16.5. The Hall–Kier alpha value is -1.58. The third-order valence-corrected chi connectivity index (χ3v) is 2.68. The zero-order chi connectivity index (χ0) is 13.0. The van der Waals surface area contributed by atoms with E-state index in [2.05, 4.69) is 4.98 Å². The first-order valence-electron chi connectivity index (χ1n) is 5.97. The Morgan fingerprint density at radius 1 is 1.53 bits per heavy atom. The summed E-state index contributed by atoms with van der Waals surface area (Å²) in [7, 11) is 0. The fourth-order valence-electron chi connectivity index (χ4n) is 1.38. The van der Waals surface area contributed by atoms with Gasteiger partial charge < -0.3 is 15.9 Å². The van der Waals surface area contributed by atoms with Crippen molar-refractivity contribution in [2.45, 2.75) is 40.2 Å². The lowest BCUT2D eigenvalue weighted by atomic mass is 10.00. The van der Waals surface area contributed by atoms with Crippen molar-refractivity contribution in [1.82, 2.24) is 4.98 Å². The Morgan fingerprint density at radius 2 is 2.18 bits per heavy atom. The number of nitrogens with zero attached hydrogens (tertiary/aromatic N) is 1. The molecule has 0 radical (unpaired) electrons. The summed E-state index contributed by atoms with van der Waals surface area (Å²) in [6.45, 7) is 7.95. The second-order valence-electron chi connectivity index (χ2n) is 4.49. The van der Waals surface area contributed by atoms with Gasteiger partial charge in [-0.2, -0.15) is 0 Å². The standard InChI is InChI=1S/C13H21N3O.H2/c1-5-9(4)17-13-11(12(15)8(2)3)10(14)6-7-16-13;/h6-9,15H,5H2,1-4H3,(H2,14,16);1H. The smallest absolute Gasteiger partial charge is 0.224 e. The number of hydrogen-bond donors (Lipinski definition) is 2. The third-order valence-electron chi connectivity index (χ3n) is 2.68. The second kappa shape index (κ2) is 5.66. The zero-order valence-corrected chi connectivity index (χ0v) is 10.9. The van der Waals surface area contributed by atoms with Crippen LogP contribution in [0.15, 0.2) is 12.3 Å². The van der Waals surface area contributed by atoms with Gasteiger partial charge in [-0.05, 0) is 25.3 Å². The molecule has 0 spiro atoms. The van der Waals surface area contributed by atoms with Gasteiger partial charge in [-0.1, -0.05) is 20.8 Å². The molecule has 1 aromatic heterocycles. The van der Waals surface area contributed by atoms with Gasteiger partial charge in [0, 0.05) is 19.0 Å². The van der Waals surface area contributed by atoms with Crippen LogP contribution in [-0.2, 0) is 0 Å². The molecule has 0 amide bonds. The molecule has 96 valence electrons. The number of nitrogen functional groups attached to an aromatic ring is 1. The summed E-state index contributed by atoms with van der Waals surface area (Å²) >= 11 is 0. The van der Waals surface area contributed by atoms with Gasteiger partial charge in [-0.3, -0.25) is 0 Å². The lowest BCUT2D eigenvalue weighted by Gasteiger charge is -2.18. The van der Waals surface area contributed by atoms with Gasteiger partial charge in [0.2, 0.25) is 5.88 Å². The predicted octanol–water partition coefficient (Wildman–Crippen LogP) is 3.11. The number of aromatic nitrogens is 1. The van der Waals surface area contributed by atoms with Gasteiger partial charge in [0.1, 0.15) is 0 Å². The minimum Gasteiger partial charge on any atom is -0.474 e. The quantitative estimate of drug-likeness (QED) is 0.773. The molecule has 0 aliphatic heterocycles. The average Bonchev–Trinajstić information content (AvgIpc) is 2.28. The molecule has 4 nitrogen and oxygen atoms in total. The number of ether oxygens (including phenoxy) is 1. The zero-order valence-electron chi connectivity index (χ0n) is 10.9. The normalized spacial score (nSPS) is 12.5. The summed E-state index contributed by atoms with van der Waals surface area (Å²) in [4.78, 5) is 4.19. The van der Waals surface area contributed by atoms with Crippen molar-refractivity contribution in [3.8, 4) is 5.88 Å². The number of hydrogen-bond acceptors (Lipinski definition) is 4. The molecule has 3 N–H and O–H groups in total. The lowest BCUT2D eigenvalue weighted by molar-refractivity contribution is 0.208. The van der Waals surface area contributed by atoms with E-state index in [1.807, 2.05) is 27.7 Å². The highest BCUT2D eigenvalue weighted by Crippen LogP contribution is 2.25. The number of anilines is 1. The van der Waals surface area contributed by atoms with E-state index in [9.17, 15) is 0 Å². The van der Waals surface area contributed by atoms with Gasteiger partial charge in [0.25, 0.3) is 0 Å². The molecule has 0 saturated carbocycles. The van der Waals surface area contributed by atoms with Crippen molar-refractivity contribution < 1.29 is 6.16 Å². The highest BCUT2D eigenvalue weighted by Gasteiger charge is 2.18. The Morgan fingerprint density at radius 3 is 2.71 bits per heavy atom. The molecule has 1 rings (SSSR count). The summed E-state index contributed by atoms with van der Waals surface area (Å²) in [5.41, 5.74) is 7.56. The molecule has 1 aromatic rings. The van der Waals surface area contributed by atoms with Crippen LogP contribution < -0.4 is 10.5 Å². The first-order valence-corrected chi connectivity index (χ1v) is 5.97. The highest BCUT2D eigenvalue weighted by molar-refractivity contribution is 6.05. The Bertz CT molecular complexity index is 407. The maximum absolute atomic E-state index is 8.07. The van der Waals surface area contributed by atoms with Gasteiger partial charge in [-0.25, -0.2) is 4.98 Å². The van der Waals surface area contributed by atoms with Gasteiger partial charge in [-0.15, -0.1) is 0 Å². The average molecular weight is 237 g/mol. The molecular weight excluding hydrogens is 214 g/mol. The summed E-state index contributed by atoms with van der Waals surface area (Å²) in [6, 6.07) is 1.70. The topological polar surface area (TPSA) is 72.0 Å². The van der Waals surface area contributed by atoms with Gasteiger partial charge in [0.05, 0.1) is 11.7 Å². The molecule has 1 heterocycles. The van der Waals surface area contributed by atoms with E-state index in [0.29, 0.717) is 22.8 Å². The Kier molecular flexibility index (Phi) is 4.49. The number of rotatable bonds is 5. The lowest BCUT2D eigenvalue weighted by Crippen LogP contribution is -2.17. The molecule has 1 unspecified atom stereocenters. The van der Waals surface area contributed by atoms with Crippen LogP contribution in [0.25, 0.3) is 0 Å². The number of pyridine rings is 1. The van der Waals surface area contributed by atoms with Crippen LogP contribution >= 0.6 is 0 Å². The molecule has 0 aliphatic rings. The molecule has 0 fully saturated rings. The fourth-order valence-corrected chi connectivity index (χ4v) is 1.38. The van der Waals surface area contributed by atoms with Crippen molar-refractivity contribution in [1.29, 1.82) is 5.41 Å². The first kappa shape index (κ1) is 13.5. The van der Waals surface area contributed by atoms with Crippen molar-refractivity contribution in [2.75, 3.05) is 5.73 Å². The summed E-state index contributed by atoms with van der Waals surface area (Å²) in [5.74, 6) is 0.568. The fraction of sp³-hybridized carbons (Fsp3) is 0.538. The van der Waals surface area contributed by atoms with Crippen molar-refractivity contribution in [3.63, 3.8) is 0 Å². The molecule has 4 heteroatoms. The van der Waals surface area contributed by atoms with Crippen LogP contribution in [0.2, 0.25) is 0 Å². The first-order chi connectivity index (χ1) is 7.97. The van der Waals surface area contributed by atoms with Crippen LogP contribution in [0, 0.1) is 11.3 Å². The Balaban J connectivity index is 0.00000289.